The molecular weight excluding hydrogens is 330 g/mol. The highest BCUT2D eigenvalue weighted by atomic mass is 16.5. The molecule has 2 N–H and O–H groups in total. The number of rotatable bonds is 7. The van der Waals surface area contributed by atoms with Gasteiger partial charge in [-0.05, 0) is 42.3 Å². The molecule has 0 aromatic heterocycles. The maximum absolute atomic E-state index is 11.5. The summed E-state index contributed by atoms with van der Waals surface area (Å²) in [5.74, 6) is 1.21. The molecule has 0 spiro atoms. The highest BCUT2D eigenvalue weighted by Crippen LogP contribution is 2.13. The molecular formula is C20H25N3O3. The van der Waals surface area contributed by atoms with Crippen molar-refractivity contribution in [3.05, 3.63) is 65.2 Å². The van der Waals surface area contributed by atoms with E-state index in [1.807, 2.05) is 43.3 Å². The first-order valence-corrected chi connectivity index (χ1v) is 8.48. The molecule has 0 saturated carbocycles. The first-order valence-electron chi connectivity index (χ1n) is 8.48. The molecule has 0 aliphatic rings. The van der Waals surface area contributed by atoms with Gasteiger partial charge in [0.05, 0.1) is 26.3 Å². The van der Waals surface area contributed by atoms with Crippen LogP contribution in [0.5, 0.6) is 5.75 Å². The van der Waals surface area contributed by atoms with E-state index in [2.05, 4.69) is 15.6 Å². The molecule has 26 heavy (non-hydrogen) atoms. The zero-order valence-electron chi connectivity index (χ0n) is 15.4. The monoisotopic (exact) mass is 355 g/mol. The van der Waals surface area contributed by atoms with Gasteiger partial charge in [0.25, 0.3) is 0 Å². The fourth-order valence-electron chi connectivity index (χ4n) is 2.35. The molecule has 0 unspecified atom stereocenters. The van der Waals surface area contributed by atoms with Gasteiger partial charge in [-0.25, -0.2) is 9.79 Å². The van der Waals surface area contributed by atoms with Crippen molar-refractivity contribution in [1.29, 1.82) is 0 Å². The van der Waals surface area contributed by atoms with Crippen molar-refractivity contribution in [3.8, 4) is 5.75 Å². The summed E-state index contributed by atoms with van der Waals surface area (Å²) >= 11 is 0. The lowest BCUT2D eigenvalue weighted by molar-refractivity contribution is 0.0600. The van der Waals surface area contributed by atoms with Gasteiger partial charge in [0.1, 0.15) is 5.75 Å². The van der Waals surface area contributed by atoms with Crippen molar-refractivity contribution in [1.82, 2.24) is 10.6 Å². The highest BCUT2D eigenvalue weighted by Gasteiger charge is 2.05. The number of methoxy groups -OCH3 is 2. The van der Waals surface area contributed by atoms with Gasteiger partial charge >= 0.3 is 5.97 Å². The van der Waals surface area contributed by atoms with E-state index < -0.39 is 0 Å². The number of guanidine groups is 1. The molecule has 2 aromatic carbocycles. The van der Waals surface area contributed by atoms with Crippen LogP contribution in [0.15, 0.2) is 53.5 Å². The minimum absolute atomic E-state index is 0.335. The molecule has 0 aliphatic heterocycles. The van der Waals surface area contributed by atoms with Crippen LogP contribution in [0, 0.1) is 0 Å². The lowest BCUT2D eigenvalue weighted by Gasteiger charge is -2.12. The van der Waals surface area contributed by atoms with Crippen LogP contribution in [0.25, 0.3) is 0 Å². The van der Waals surface area contributed by atoms with E-state index >= 15 is 0 Å². The third kappa shape index (κ3) is 5.81. The van der Waals surface area contributed by atoms with Crippen molar-refractivity contribution >= 4 is 11.9 Å². The van der Waals surface area contributed by atoms with Crippen molar-refractivity contribution in [3.63, 3.8) is 0 Å². The van der Waals surface area contributed by atoms with Crippen LogP contribution in [-0.2, 0) is 17.8 Å². The Bertz CT molecular complexity index is 742. The summed E-state index contributed by atoms with van der Waals surface area (Å²) < 4.78 is 9.94. The number of aliphatic imine (C=N–C) groups is 1. The van der Waals surface area contributed by atoms with Gasteiger partial charge in [-0.3, -0.25) is 0 Å². The minimum atomic E-state index is -0.335. The van der Waals surface area contributed by atoms with E-state index in [9.17, 15) is 4.79 Å². The van der Waals surface area contributed by atoms with Gasteiger partial charge in [-0.2, -0.15) is 0 Å². The second-order valence-electron chi connectivity index (χ2n) is 5.59. The molecule has 6 nitrogen and oxygen atoms in total. The molecule has 2 aromatic rings. The second-order valence-corrected chi connectivity index (χ2v) is 5.59. The summed E-state index contributed by atoms with van der Waals surface area (Å²) in [6.07, 6.45) is 0. The minimum Gasteiger partial charge on any atom is -0.497 e. The summed E-state index contributed by atoms with van der Waals surface area (Å²) in [6.45, 7) is 3.94. The van der Waals surface area contributed by atoms with Crippen LogP contribution in [0.1, 0.15) is 28.4 Å². The largest absolute Gasteiger partial charge is 0.497 e. The zero-order valence-corrected chi connectivity index (χ0v) is 15.4. The number of carbonyl (C=O) groups is 1. The first-order chi connectivity index (χ1) is 12.7. The number of benzene rings is 2. The van der Waals surface area contributed by atoms with Crippen LogP contribution < -0.4 is 15.4 Å². The van der Waals surface area contributed by atoms with Crippen LogP contribution in [0.3, 0.4) is 0 Å². The standard InChI is InChI=1S/C20H25N3O3/c1-4-21-20(23-14-16-6-5-7-18(12-16)25-2)22-13-15-8-10-17(11-9-15)19(24)26-3/h5-12H,4,13-14H2,1-3H3,(H2,21,22,23). The van der Waals surface area contributed by atoms with Gasteiger partial charge in [0.15, 0.2) is 5.96 Å². The van der Waals surface area contributed by atoms with Crippen LogP contribution >= 0.6 is 0 Å². The fourth-order valence-corrected chi connectivity index (χ4v) is 2.35. The molecule has 0 amide bonds. The normalized spacial score (nSPS) is 11.0. The summed E-state index contributed by atoms with van der Waals surface area (Å²) in [6, 6.07) is 15.1. The summed E-state index contributed by atoms with van der Waals surface area (Å²) in [7, 11) is 3.03. The Hall–Kier alpha value is -3.02. The van der Waals surface area contributed by atoms with Gasteiger partial charge < -0.3 is 20.1 Å². The lowest BCUT2D eigenvalue weighted by Crippen LogP contribution is -2.36. The fraction of sp³-hybridized carbons (Fsp3) is 0.300. The predicted octanol–water partition coefficient (Wildman–Crippen LogP) is 2.74. The van der Waals surface area contributed by atoms with E-state index in [0.717, 1.165) is 29.4 Å². The third-order valence-electron chi connectivity index (χ3n) is 3.73. The molecule has 0 bridgehead atoms. The molecule has 0 aliphatic carbocycles. The molecule has 0 radical (unpaired) electrons. The molecule has 0 atom stereocenters. The maximum atomic E-state index is 11.5. The smallest absolute Gasteiger partial charge is 0.337 e. The topological polar surface area (TPSA) is 72.0 Å². The Morgan fingerprint density at radius 3 is 2.46 bits per heavy atom. The molecule has 0 heterocycles. The van der Waals surface area contributed by atoms with E-state index in [4.69, 9.17) is 9.47 Å². The number of nitrogens with one attached hydrogen (secondary N) is 2. The number of ether oxygens (including phenoxy) is 2. The number of nitrogens with zero attached hydrogens (tertiary/aromatic N) is 1. The van der Waals surface area contributed by atoms with Crippen LogP contribution in [0.2, 0.25) is 0 Å². The molecule has 2 rings (SSSR count). The van der Waals surface area contributed by atoms with E-state index in [1.165, 1.54) is 7.11 Å². The Morgan fingerprint density at radius 2 is 1.81 bits per heavy atom. The first kappa shape index (κ1) is 19.3. The average molecular weight is 355 g/mol. The Balaban J connectivity index is 1.97. The Labute approximate surface area is 154 Å². The van der Waals surface area contributed by atoms with Gasteiger partial charge in [-0.15, -0.1) is 0 Å². The molecule has 0 fully saturated rings. The summed E-state index contributed by atoms with van der Waals surface area (Å²) in [5.41, 5.74) is 2.66. The molecule has 0 saturated heterocycles. The quantitative estimate of drug-likeness (QED) is 0.454. The third-order valence-corrected chi connectivity index (χ3v) is 3.73. The number of carbonyl (C=O) groups excluding carboxylic acids is 1. The van der Waals surface area contributed by atoms with Crippen LogP contribution in [-0.4, -0.2) is 32.7 Å². The second kappa shape index (κ2) is 10.1. The summed E-state index contributed by atoms with van der Waals surface area (Å²) in [5, 5.41) is 6.51. The van der Waals surface area contributed by atoms with E-state index in [1.54, 1.807) is 19.2 Å². The lowest BCUT2D eigenvalue weighted by atomic mass is 10.1. The van der Waals surface area contributed by atoms with E-state index in [-0.39, 0.29) is 5.97 Å². The Kier molecular flexibility index (Phi) is 7.49. The SMILES string of the molecule is CCNC(=NCc1cccc(OC)c1)NCc1ccc(C(=O)OC)cc1. The average Bonchev–Trinajstić information content (AvgIpc) is 2.70. The van der Waals surface area contributed by atoms with Crippen molar-refractivity contribution < 1.29 is 14.3 Å². The Morgan fingerprint density at radius 1 is 1.04 bits per heavy atom. The molecule has 138 valence electrons. The highest BCUT2D eigenvalue weighted by molar-refractivity contribution is 5.89. The van der Waals surface area contributed by atoms with Crippen molar-refractivity contribution in [2.45, 2.75) is 20.0 Å². The zero-order chi connectivity index (χ0) is 18.8. The van der Waals surface area contributed by atoms with Gasteiger partial charge in [0.2, 0.25) is 0 Å². The van der Waals surface area contributed by atoms with Crippen molar-refractivity contribution in [2.75, 3.05) is 20.8 Å². The van der Waals surface area contributed by atoms with Gasteiger partial charge in [-0.1, -0.05) is 24.3 Å². The molecule has 6 heteroatoms. The summed E-state index contributed by atoms with van der Waals surface area (Å²) in [4.78, 5) is 16.1. The number of hydrogen-bond acceptors (Lipinski definition) is 4. The van der Waals surface area contributed by atoms with E-state index in [0.29, 0.717) is 18.7 Å². The predicted molar refractivity (Wildman–Crippen MR) is 102 cm³/mol. The van der Waals surface area contributed by atoms with Crippen LogP contribution in [0.4, 0.5) is 0 Å². The number of hydrogen-bond donors (Lipinski definition) is 2. The van der Waals surface area contributed by atoms with Crippen molar-refractivity contribution in [2.24, 2.45) is 4.99 Å². The maximum Gasteiger partial charge on any atom is 0.337 e. The van der Waals surface area contributed by atoms with Gasteiger partial charge in [0, 0.05) is 13.1 Å². The number of esters is 1.